The van der Waals surface area contributed by atoms with Gasteiger partial charge in [0.15, 0.2) is 6.61 Å². The average Bonchev–Trinajstić information content (AvgIpc) is 3.18. The largest absolute Gasteiger partial charge is 0.468 e. The second kappa shape index (κ2) is 9.33. The van der Waals surface area contributed by atoms with Crippen LogP contribution in [0.2, 0.25) is 0 Å². The normalized spacial score (nSPS) is 12.4. The lowest BCUT2D eigenvalue weighted by Crippen LogP contribution is -2.35. The van der Waals surface area contributed by atoms with E-state index >= 15 is 0 Å². The minimum Gasteiger partial charge on any atom is -0.468 e. The average molecular weight is 394 g/mol. The third-order valence-corrected chi connectivity index (χ3v) is 5.15. The number of carbonyl (C=O) groups excluding carboxylic acids is 2. The van der Waals surface area contributed by atoms with E-state index in [1.807, 2.05) is 13.8 Å². The molecule has 1 heterocycles. The summed E-state index contributed by atoms with van der Waals surface area (Å²) in [6, 6.07) is 8.66. The Labute approximate surface area is 157 Å². The van der Waals surface area contributed by atoms with Crippen LogP contribution in [0.15, 0.2) is 52.0 Å². The highest BCUT2D eigenvalue weighted by Gasteiger charge is 2.18. The van der Waals surface area contributed by atoms with Crippen molar-refractivity contribution in [3.63, 3.8) is 0 Å². The van der Waals surface area contributed by atoms with Crippen LogP contribution in [0.4, 0.5) is 0 Å². The number of ether oxygens (including phenoxy) is 1. The lowest BCUT2D eigenvalue weighted by molar-refractivity contribution is -0.124. The van der Waals surface area contributed by atoms with E-state index in [-0.39, 0.29) is 23.0 Å². The molecule has 1 aromatic carbocycles. The molecule has 27 heavy (non-hydrogen) atoms. The summed E-state index contributed by atoms with van der Waals surface area (Å²) in [5.74, 6) is -0.736. The fourth-order valence-electron chi connectivity index (χ4n) is 2.09. The highest BCUT2D eigenvalue weighted by atomic mass is 32.2. The highest BCUT2D eigenvalue weighted by Crippen LogP contribution is 2.13. The van der Waals surface area contributed by atoms with E-state index in [0.29, 0.717) is 5.76 Å². The number of esters is 1. The summed E-state index contributed by atoms with van der Waals surface area (Å²) < 4.78 is 37.1. The SMILES string of the molecule is CCC(C)NC(=O)COC(=O)c1cccc(S(=O)(=O)NCc2ccco2)c1. The molecule has 1 aromatic heterocycles. The smallest absolute Gasteiger partial charge is 0.338 e. The van der Waals surface area contributed by atoms with Gasteiger partial charge in [0.1, 0.15) is 5.76 Å². The zero-order valence-electron chi connectivity index (χ0n) is 15.1. The quantitative estimate of drug-likeness (QED) is 0.627. The molecule has 0 saturated carbocycles. The summed E-state index contributed by atoms with van der Waals surface area (Å²) in [4.78, 5) is 23.7. The Bertz CT molecular complexity index is 877. The second-order valence-corrected chi connectivity index (χ2v) is 7.65. The summed E-state index contributed by atoms with van der Waals surface area (Å²) in [5.41, 5.74) is 0.0345. The van der Waals surface area contributed by atoms with Crippen molar-refractivity contribution in [2.45, 2.75) is 37.8 Å². The molecule has 2 aromatic rings. The molecule has 0 radical (unpaired) electrons. The van der Waals surface area contributed by atoms with Crippen molar-refractivity contribution in [3.8, 4) is 0 Å². The summed E-state index contributed by atoms with van der Waals surface area (Å²) in [6.45, 7) is 3.31. The standard InChI is InChI=1S/C18H22N2O6S/c1-3-13(2)20-17(21)12-26-18(22)14-6-4-8-16(10-14)27(23,24)19-11-15-7-5-9-25-15/h4-10,13,19H,3,11-12H2,1-2H3,(H,20,21). The van der Waals surface area contributed by atoms with Crippen LogP contribution < -0.4 is 10.0 Å². The highest BCUT2D eigenvalue weighted by molar-refractivity contribution is 7.89. The van der Waals surface area contributed by atoms with Gasteiger partial charge in [-0.15, -0.1) is 0 Å². The number of carbonyl (C=O) groups is 2. The number of hydrogen-bond acceptors (Lipinski definition) is 6. The molecule has 0 spiro atoms. The molecular weight excluding hydrogens is 372 g/mol. The molecule has 0 fully saturated rings. The Balaban J connectivity index is 1.99. The van der Waals surface area contributed by atoms with Crippen molar-refractivity contribution in [1.82, 2.24) is 10.0 Å². The van der Waals surface area contributed by atoms with Crippen molar-refractivity contribution in [2.75, 3.05) is 6.61 Å². The first kappa shape index (κ1) is 20.7. The van der Waals surface area contributed by atoms with Gasteiger partial charge in [-0.05, 0) is 43.7 Å². The van der Waals surface area contributed by atoms with Crippen molar-refractivity contribution in [2.24, 2.45) is 0 Å². The van der Waals surface area contributed by atoms with Crippen LogP contribution in [0.25, 0.3) is 0 Å². The van der Waals surface area contributed by atoms with E-state index in [1.54, 1.807) is 12.1 Å². The van der Waals surface area contributed by atoms with Crippen LogP contribution in [0.5, 0.6) is 0 Å². The van der Waals surface area contributed by atoms with Gasteiger partial charge in [0.05, 0.1) is 23.3 Å². The molecule has 1 atom stereocenters. The molecule has 0 aliphatic heterocycles. The van der Waals surface area contributed by atoms with E-state index < -0.39 is 28.5 Å². The first-order valence-corrected chi connectivity index (χ1v) is 9.88. The van der Waals surface area contributed by atoms with E-state index in [2.05, 4.69) is 10.0 Å². The molecule has 0 bridgehead atoms. The minimum atomic E-state index is -3.84. The fraction of sp³-hybridized carbons (Fsp3) is 0.333. The molecule has 0 aliphatic rings. The first-order valence-electron chi connectivity index (χ1n) is 8.40. The van der Waals surface area contributed by atoms with Gasteiger partial charge in [0.2, 0.25) is 10.0 Å². The number of sulfonamides is 1. The van der Waals surface area contributed by atoms with Gasteiger partial charge >= 0.3 is 5.97 Å². The van der Waals surface area contributed by atoms with Crippen LogP contribution in [0, 0.1) is 0 Å². The molecule has 0 aliphatic carbocycles. The molecule has 2 N–H and O–H groups in total. The van der Waals surface area contributed by atoms with Crippen LogP contribution in [-0.2, 0) is 26.1 Å². The van der Waals surface area contributed by atoms with Gasteiger partial charge in [0.25, 0.3) is 5.91 Å². The number of amides is 1. The molecule has 8 nitrogen and oxygen atoms in total. The predicted octanol–water partition coefficient (Wildman–Crippen LogP) is 1.83. The maximum atomic E-state index is 12.4. The topological polar surface area (TPSA) is 115 Å². The molecule has 9 heteroatoms. The van der Waals surface area contributed by atoms with Gasteiger partial charge in [-0.25, -0.2) is 17.9 Å². The summed E-state index contributed by atoms with van der Waals surface area (Å²) >= 11 is 0. The molecule has 0 saturated heterocycles. The Morgan fingerprint density at radius 2 is 2.00 bits per heavy atom. The number of benzene rings is 1. The van der Waals surface area contributed by atoms with Crippen molar-refractivity contribution < 1.29 is 27.2 Å². The van der Waals surface area contributed by atoms with E-state index in [4.69, 9.17) is 9.15 Å². The van der Waals surface area contributed by atoms with Crippen LogP contribution in [0.1, 0.15) is 36.4 Å². The van der Waals surface area contributed by atoms with Gasteiger partial charge in [-0.2, -0.15) is 0 Å². The van der Waals surface area contributed by atoms with Gasteiger partial charge in [0, 0.05) is 6.04 Å². The van der Waals surface area contributed by atoms with Crippen molar-refractivity contribution >= 4 is 21.9 Å². The maximum Gasteiger partial charge on any atom is 0.338 e. The fourth-order valence-corrected chi connectivity index (χ4v) is 3.12. The summed E-state index contributed by atoms with van der Waals surface area (Å²) in [5, 5.41) is 2.67. The maximum absolute atomic E-state index is 12.4. The molecule has 146 valence electrons. The predicted molar refractivity (Wildman–Crippen MR) is 97.4 cm³/mol. The lowest BCUT2D eigenvalue weighted by atomic mass is 10.2. The summed E-state index contributed by atoms with van der Waals surface area (Å²) in [7, 11) is -3.84. The number of hydrogen-bond donors (Lipinski definition) is 2. The third kappa shape index (κ3) is 6.22. The second-order valence-electron chi connectivity index (χ2n) is 5.88. The van der Waals surface area contributed by atoms with Gasteiger partial charge in [-0.1, -0.05) is 13.0 Å². The molecule has 1 unspecified atom stereocenters. The van der Waals surface area contributed by atoms with Crippen LogP contribution in [-0.4, -0.2) is 32.9 Å². The van der Waals surface area contributed by atoms with Crippen molar-refractivity contribution in [1.29, 1.82) is 0 Å². The number of rotatable bonds is 9. The van der Waals surface area contributed by atoms with Gasteiger partial charge in [-0.3, -0.25) is 4.79 Å². The number of nitrogens with one attached hydrogen (secondary N) is 2. The van der Waals surface area contributed by atoms with E-state index in [9.17, 15) is 18.0 Å². The van der Waals surface area contributed by atoms with E-state index in [1.165, 1.54) is 30.5 Å². The van der Waals surface area contributed by atoms with E-state index in [0.717, 1.165) is 6.42 Å². The zero-order chi connectivity index (χ0) is 19.9. The van der Waals surface area contributed by atoms with Crippen LogP contribution in [0.3, 0.4) is 0 Å². The Hall–Kier alpha value is -2.65. The minimum absolute atomic E-state index is 0.0141. The third-order valence-electron chi connectivity index (χ3n) is 3.75. The molecule has 2 rings (SSSR count). The number of furan rings is 1. The summed E-state index contributed by atoms with van der Waals surface area (Å²) in [6.07, 6.45) is 2.20. The molecule has 1 amide bonds. The Morgan fingerprint density at radius 3 is 2.67 bits per heavy atom. The Morgan fingerprint density at radius 1 is 1.22 bits per heavy atom. The zero-order valence-corrected chi connectivity index (χ0v) is 15.9. The lowest BCUT2D eigenvalue weighted by Gasteiger charge is -2.11. The molecular formula is C18H22N2O6S. The first-order chi connectivity index (χ1) is 12.8. The Kier molecular flexibility index (Phi) is 7.14. The van der Waals surface area contributed by atoms with Gasteiger partial charge < -0.3 is 14.5 Å². The van der Waals surface area contributed by atoms with Crippen LogP contribution >= 0.6 is 0 Å². The monoisotopic (exact) mass is 394 g/mol. The van der Waals surface area contributed by atoms with Crippen molar-refractivity contribution in [3.05, 3.63) is 54.0 Å².